The number of amides is 2. The van der Waals surface area contributed by atoms with Crippen molar-refractivity contribution in [2.75, 3.05) is 19.6 Å². The summed E-state index contributed by atoms with van der Waals surface area (Å²) in [6, 6.07) is 0. The Balaban J connectivity index is 1.51. The minimum absolute atomic E-state index is 0.188. The predicted molar refractivity (Wildman–Crippen MR) is 76.2 cm³/mol. The van der Waals surface area contributed by atoms with Gasteiger partial charge in [0.2, 0.25) is 12.2 Å². The van der Waals surface area contributed by atoms with Gasteiger partial charge in [0.05, 0.1) is 18.8 Å². The standard InChI is InChI=1S/C13H16N8O2/c22-8-19-3-2-11-14-12(17-21(11)6-5-19)13(23)20-4-1-9-10(7-20)16-18-15-9/h8H,1-7H2,(H,15,16,18). The molecule has 2 aliphatic heterocycles. The Bertz CT molecular complexity index is 725. The molecule has 0 saturated carbocycles. The lowest BCUT2D eigenvalue weighted by Gasteiger charge is -2.24. The molecule has 2 aromatic heterocycles. The maximum absolute atomic E-state index is 12.6. The second-order valence-electron chi connectivity index (χ2n) is 5.66. The van der Waals surface area contributed by atoms with Gasteiger partial charge in [-0.25, -0.2) is 9.67 Å². The third-order valence-corrected chi connectivity index (χ3v) is 4.26. The molecule has 0 atom stereocenters. The van der Waals surface area contributed by atoms with E-state index in [1.807, 2.05) is 0 Å². The zero-order valence-corrected chi connectivity index (χ0v) is 12.5. The summed E-state index contributed by atoms with van der Waals surface area (Å²) in [6.07, 6.45) is 2.12. The van der Waals surface area contributed by atoms with Gasteiger partial charge in [0.1, 0.15) is 11.5 Å². The van der Waals surface area contributed by atoms with Gasteiger partial charge in [0.25, 0.3) is 5.91 Å². The summed E-state index contributed by atoms with van der Waals surface area (Å²) < 4.78 is 1.72. The average molecular weight is 316 g/mol. The van der Waals surface area contributed by atoms with E-state index in [1.54, 1.807) is 14.5 Å². The largest absolute Gasteiger partial charge is 0.343 e. The monoisotopic (exact) mass is 316 g/mol. The van der Waals surface area contributed by atoms with Crippen molar-refractivity contribution < 1.29 is 9.59 Å². The first-order valence-electron chi connectivity index (χ1n) is 7.55. The van der Waals surface area contributed by atoms with E-state index in [4.69, 9.17) is 0 Å². The quantitative estimate of drug-likeness (QED) is 0.683. The van der Waals surface area contributed by atoms with Gasteiger partial charge in [-0.2, -0.15) is 15.4 Å². The van der Waals surface area contributed by atoms with Crippen molar-refractivity contribution >= 4 is 12.3 Å². The molecule has 23 heavy (non-hydrogen) atoms. The van der Waals surface area contributed by atoms with Gasteiger partial charge in [0.15, 0.2) is 0 Å². The van der Waals surface area contributed by atoms with Crippen molar-refractivity contribution in [3.63, 3.8) is 0 Å². The molecular formula is C13H16N8O2. The normalized spacial score (nSPS) is 17.4. The fourth-order valence-corrected chi connectivity index (χ4v) is 2.93. The van der Waals surface area contributed by atoms with E-state index >= 15 is 0 Å². The average Bonchev–Trinajstić information content (AvgIpc) is 3.16. The topological polar surface area (TPSA) is 113 Å². The molecule has 2 amide bonds. The van der Waals surface area contributed by atoms with Crippen LogP contribution in [-0.2, 0) is 30.7 Å². The van der Waals surface area contributed by atoms with Crippen LogP contribution in [0.25, 0.3) is 0 Å². The maximum Gasteiger partial charge on any atom is 0.293 e. The molecule has 10 nitrogen and oxygen atoms in total. The molecule has 0 radical (unpaired) electrons. The molecule has 0 saturated heterocycles. The second kappa shape index (κ2) is 5.45. The maximum atomic E-state index is 12.6. The van der Waals surface area contributed by atoms with Gasteiger partial charge in [-0.05, 0) is 0 Å². The highest BCUT2D eigenvalue weighted by Crippen LogP contribution is 2.16. The van der Waals surface area contributed by atoms with E-state index in [9.17, 15) is 9.59 Å². The van der Waals surface area contributed by atoms with E-state index < -0.39 is 0 Å². The molecule has 4 rings (SSSR count). The van der Waals surface area contributed by atoms with E-state index in [0.29, 0.717) is 45.6 Å². The van der Waals surface area contributed by atoms with Gasteiger partial charge < -0.3 is 9.80 Å². The first-order chi connectivity index (χ1) is 11.2. The van der Waals surface area contributed by atoms with Crippen LogP contribution in [0.4, 0.5) is 0 Å². The van der Waals surface area contributed by atoms with Crippen molar-refractivity contribution in [2.24, 2.45) is 0 Å². The minimum Gasteiger partial charge on any atom is -0.343 e. The molecular weight excluding hydrogens is 300 g/mol. The Morgan fingerprint density at radius 3 is 2.83 bits per heavy atom. The van der Waals surface area contributed by atoms with Crippen molar-refractivity contribution in [3.8, 4) is 0 Å². The molecule has 2 aromatic rings. The second-order valence-corrected chi connectivity index (χ2v) is 5.66. The molecule has 0 fully saturated rings. The van der Waals surface area contributed by atoms with E-state index in [1.165, 1.54) is 0 Å². The molecule has 120 valence electrons. The highest BCUT2D eigenvalue weighted by molar-refractivity contribution is 5.90. The zero-order chi connectivity index (χ0) is 15.8. The summed E-state index contributed by atoms with van der Waals surface area (Å²) in [5.74, 6) is 0.773. The van der Waals surface area contributed by atoms with Crippen molar-refractivity contribution in [3.05, 3.63) is 23.0 Å². The molecule has 0 spiro atoms. The smallest absolute Gasteiger partial charge is 0.293 e. The molecule has 0 aliphatic carbocycles. The first kappa shape index (κ1) is 13.9. The summed E-state index contributed by atoms with van der Waals surface area (Å²) in [4.78, 5) is 31.2. The van der Waals surface area contributed by atoms with Crippen LogP contribution < -0.4 is 0 Å². The number of rotatable bonds is 2. The highest BCUT2D eigenvalue weighted by atomic mass is 16.2. The third-order valence-electron chi connectivity index (χ3n) is 4.26. The van der Waals surface area contributed by atoms with Gasteiger partial charge in [-0.15, -0.1) is 5.10 Å². The lowest BCUT2D eigenvalue weighted by atomic mass is 10.1. The summed E-state index contributed by atoms with van der Waals surface area (Å²) in [5.41, 5.74) is 1.71. The summed E-state index contributed by atoms with van der Waals surface area (Å²) in [7, 11) is 0. The number of H-pyrrole nitrogens is 1. The Morgan fingerprint density at radius 1 is 1.09 bits per heavy atom. The van der Waals surface area contributed by atoms with Crippen molar-refractivity contribution in [1.29, 1.82) is 0 Å². The van der Waals surface area contributed by atoms with Crippen LogP contribution >= 0.6 is 0 Å². The number of carbonyl (C=O) groups is 2. The van der Waals surface area contributed by atoms with Gasteiger partial charge in [0, 0.05) is 32.5 Å². The Kier molecular flexibility index (Phi) is 3.28. The van der Waals surface area contributed by atoms with E-state index in [2.05, 4.69) is 25.5 Å². The molecule has 0 aromatic carbocycles. The highest BCUT2D eigenvalue weighted by Gasteiger charge is 2.28. The van der Waals surface area contributed by atoms with E-state index in [-0.39, 0.29) is 11.7 Å². The van der Waals surface area contributed by atoms with Crippen LogP contribution in [-0.4, -0.2) is 71.9 Å². The van der Waals surface area contributed by atoms with Crippen LogP contribution in [0.15, 0.2) is 0 Å². The van der Waals surface area contributed by atoms with Crippen LogP contribution in [0.5, 0.6) is 0 Å². The molecule has 0 unspecified atom stereocenters. The number of carbonyl (C=O) groups excluding carboxylic acids is 2. The zero-order valence-electron chi connectivity index (χ0n) is 12.5. The van der Waals surface area contributed by atoms with Gasteiger partial charge in [-0.1, -0.05) is 0 Å². The van der Waals surface area contributed by atoms with Gasteiger partial charge >= 0.3 is 0 Å². The number of nitrogens with one attached hydrogen (secondary N) is 1. The Morgan fingerprint density at radius 2 is 1.96 bits per heavy atom. The molecule has 0 bridgehead atoms. The fraction of sp³-hybridized carbons (Fsp3) is 0.538. The number of hydrogen-bond donors (Lipinski definition) is 1. The minimum atomic E-state index is -0.188. The Hall–Kier alpha value is -2.78. The SMILES string of the molecule is O=CN1CCc2nc(C(=O)N3CCc4n[nH]nc4C3)nn2CC1. The lowest BCUT2D eigenvalue weighted by molar-refractivity contribution is -0.118. The Labute approximate surface area is 131 Å². The fourth-order valence-electron chi connectivity index (χ4n) is 2.93. The molecule has 10 heteroatoms. The lowest BCUT2D eigenvalue weighted by Crippen LogP contribution is -2.36. The van der Waals surface area contributed by atoms with Gasteiger partial charge in [-0.3, -0.25) is 9.59 Å². The van der Waals surface area contributed by atoms with E-state index in [0.717, 1.165) is 23.6 Å². The van der Waals surface area contributed by atoms with Crippen molar-refractivity contribution in [2.45, 2.75) is 25.9 Å². The summed E-state index contributed by atoms with van der Waals surface area (Å²) >= 11 is 0. The number of aromatic amines is 1. The number of hydrogen-bond acceptors (Lipinski definition) is 6. The van der Waals surface area contributed by atoms with Crippen molar-refractivity contribution in [1.82, 2.24) is 40.0 Å². The van der Waals surface area contributed by atoms with Crippen LogP contribution in [0, 0.1) is 0 Å². The number of nitrogens with zero attached hydrogens (tertiary/aromatic N) is 7. The van der Waals surface area contributed by atoms with Crippen LogP contribution in [0.1, 0.15) is 27.8 Å². The molecule has 4 heterocycles. The first-order valence-corrected chi connectivity index (χ1v) is 7.55. The summed E-state index contributed by atoms with van der Waals surface area (Å²) in [5, 5.41) is 15.0. The number of aromatic nitrogens is 6. The third kappa shape index (κ3) is 2.45. The van der Waals surface area contributed by atoms with Crippen LogP contribution in [0.2, 0.25) is 0 Å². The predicted octanol–water partition coefficient (Wildman–Crippen LogP) is -1.39. The molecule has 2 aliphatic rings. The molecule has 1 N–H and O–H groups in total. The number of fused-ring (bicyclic) bond motifs is 2. The van der Waals surface area contributed by atoms with Crippen LogP contribution in [0.3, 0.4) is 0 Å². The summed E-state index contributed by atoms with van der Waals surface area (Å²) in [6.45, 7) is 2.75.